The molecular weight excluding hydrogens is 260 g/mol. The van der Waals surface area contributed by atoms with Gasteiger partial charge >= 0.3 is 0 Å². The van der Waals surface area contributed by atoms with Crippen molar-refractivity contribution in [2.24, 2.45) is 5.92 Å². The van der Waals surface area contributed by atoms with Gasteiger partial charge in [0.25, 0.3) is 0 Å². The van der Waals surface area contributed by atoms with Crippen molar-refractivity contribution in [2.45, 2.75) is 52.6 Å². The van der Waals surface area contributed by atoms with Crippen LogP contribution in [0, 0.1) is 12.8 Å². The van der Waals surface area contributed by atoms with E-state index in [4.69, 9.17) is 0 Å². The van der Waals surface area contributed by atoms with Crippen molar-refractivity contribution < 1.29 is 4.79 Å². The van der Waals surface area contributed by atoms with Crippen molar-refractivity contribution in [3.63, 3.8) is 0 Å². The SMILES string of the molecule is Cc1ccc(CN2CCCC(C(=O)NC(C)(C)C)C2)cc1. The summed E-state index contributed by atoms with van der Waals surface area (Å²) in [5.41, 5.74) is 2.48. The Bertz CT molecular complexity index is 473. The van der Waals surface area contributed by atoms with Crippen LogP contribution in [-0.2, 0) is 11.3 Å². The molecule has 0 radical (unpaired) electrons. The molecule has 1 unspecified atom stereocenters. The van der Waals surface area contributed by atoms with Gasteiger partial charge in [-0.15, -0.1) is 0 Å². The van der Waals surface area contributed by atoms with Gasteiger partial charge in [0.1, 0.15) is 0 Å². The molecule has 2 rings (SSSR count). The summed E-state index contributed by atoms with van der Waals surface area (Å²) < 4.78 is 0. The summed E-state index contributed by atoms with van der Waals surface area (Å²) >= 11 is 0. The van der Waals surface area contributed by atoms with Gasteiger partial charge in [-0.05, 0) is 52.6 Å². The maximum Gasteiger partial charge on any atom is 0.224 e. The number of benzene rings is 1. The number of carbonyl (C=O) groups excluding carboxylic acids is 1. The van der Waals surface area contributed by atoms with Crippen LogP contribution in [0.1, 0.15) is 44.7 Å². The zero-order valence-corrected chi connectivity index (χ0v) is 13.8. The molecule has 1 aliphatic heterocycles. The van der Waals surface area contributed by atoms with Crippen molar-refractivity contribution in [2.75, 3.05) is 13.1 Å². The van der Waals surface area contributed by atoms with Crippen LogP contribution in [0.2, 0.25) is 0 Å². The molecule has 1 aromatic carbocycles. The summed E-state index contributed by atoms with van der Waals surface area (Å²) in [5.74, 6) is 0.333. The van der Waals surface area contributed by atoms with Gasteiger partial charge in [0.05, 0.1) is 5.92 Å². The molecule has 1 fully saturated rings. The zero-order valence-electron chi connectivity index (χ0n) is 13.8. The Morgan fingerprint density at radius 2 is 1.95 bits per heavy atom. The Balaban J connectivity index is 1.91. The normalized spacial score (nSPS) is 20.3. The van der Waals surface area contributed by atoms with E-state index in [-0.39, 0.29) is 17.4 Å². The number of amides is 1. The fraction of sp³-hybridized carbons (Fsp3) is 0.611. The number of hydrogen-bond acceptors (Lipinski definition) is 2. The quantitative estimate of drug-likeness (QED) is 0.927. The Kier molecular flexibility index (Phi) is 5.04. The van der Waals surface area contributed by atoms with Crippen LogP contribution in [0.5, 0.6) is 0 Å². The van der Waals surface area contributed by atoms with Crippen molar-refractivity contribution in [1.29, 1.82) is 0 Å². The van der Waals surface area contributed by atoms with E-state index in [2.05, 4.69) is 41.4 Å². The van der Waals surface area contributed by atoms with Crippen LogP contribution < -0.4 is 5.32 Å². The van der Waals surface area contributed by atoms with Crippen LogP contribution in [0.3, 0.4) is 0 Å². The molecular formula is C18H28N2O. The summed E-state index contributed by atoms with van der Waals surface area (Å²) in [7, 11) is 0. The fourth-order valence-electron chi connectivity index (χ4n) is 2.84. The summed E-state index contributed by atoms with van der Waals surface area (Å²) in [5, 5.41) is 3.12. The first-order chi connectivity index (χ1) is 9.83. The van der Waals surface area contributed by atoms with Gasteiger partial charge in [-0.25, -0.2) is 0 Å². The van der Waals surface area contributed by atoms with E-state index in [0.29, 0.717) is 0 Å². The van der Waals surface area contributed by atoms with Gasteiger partial charge in [-0.1, -0.05) is 29.8 Å². The van der Waals surface area contributed by atoms with Gasteiger partial charge in [0, 0.05) is 18.6 Å². The van der Waals surface area contributed by atoms with Crippen LogP contribution in [0.4, 0.5) is 0 Å². The third-order valence-corrected chi connectivity index (χ3v) is 3.90. The molecule has 21 heavy (non-hydrogen) atoms. The fourth-order valence-corrected chi connectivity index (χ4v) is 2.84. The molecule has 1 saturated heterocycles. The van der Waals surface area contributed by atoms with E-state index in [0.717, 1.165) is 32.5 Å². The van der Waals surface area contributed by atoms with E-state index in [1.54, 1.807) is 0 Å². The lowest BCUT2D eigenvalue weighted by molar-refractivity contribution is -0.128. The average Bonchev–Trinajstić information content (AvgIpc) is 2.40. The van der Waals surface area contributed by atoms with Crippen molar-refractivity contribution >= 4 is 5.91 Å². The lowest BCUT2D eigenvalue weighted by atomic mass is 9.95. The largest absolute Gasteiger partial charge is 0.351 e. The monoisotopic (exact) mass is 288 g/mol. The highest BCUT2D eigenvalue weighted by Crippen LogP contribution is 2.20. The standard InChI is InChI=1S/C18H28N2O/c1-14-7-9-15(10-8-14)12-20-11-5-6-16(13-20)17(21)19-18(2,3)4/h7-10,16H,5-6,11-13H2,1-4H3,(H,19,21). The predicted molar refractivity (Wildman–Crippen MR) is 87.1 cm³/mol. The van der Waals surface area contributed by atoms with Crippen LogP contribution in [0.25, 0.3) is 0 Å². The maximum absolute atomic E-state index is 12.3. The number of piperidine rings is 1. The third kappa shape index (κ3) is 5.16. The molecule has 1 aromatic rings. The van der Waals surface area contributed by atoms with Crippen molar-refractivity contribution in [3.8, 4) is 0 Å². The van der Waals surface area contributed by atoms with Gasteiger partial charge in [0.15, 0.2) is 0 Å². The van der Waals surface area contributed by atoms with Gasteiger partial charge < -0.3 is 5.32 Å². The number of nitrogens with one attached hydrogen (secondary N) is 1. The number of hydrogen-bond donors (Lipinski definition) is 1. The lowest BCUT2D eigenvalue weighted by Gasteiger charge is -2.33. The number of likely N-dealkylation sites (tertiary alicyclic amines) is 1. The molecule has 0 aliphatic carbocycles. The lowest BCUT2D eigenvalue weighted by Crippen LogP contribution is -2.48. The Morgan fingerprint density at radius 3 is 2.57 bits per heavy atom. The number of nitrogens with zero attached hydrogens (tertiary/aromatic N) is 1. The second-order valence-electron chi connectivity index (χ2n) is 7.30. The minimum Gasteiger partial charge on any atom is -0.351 e. The van der Waals surface area contributed by atoms with E-state index in [1.807, 2.05) is 20.8 Å². The van der Waals surface area contributed by atoms with E-state index < -0.39 is 0 Å². The average molecular weight is 288 g/mol. The summed E-state index contributed by atoms with van der Waals surface area (Å²) in [6.45, 7) is 11.1. The molecule has 0 bridgehead atoms. The second kappa shape index (κ2) is 6.61. The first kappa shape index (κ1) is 16.0. The van der Waals surface area contributed by atoms with Crippen molar-refractivity contribution in [1.82, 2.24) is 10.2 Å². The molecule has 116 valence electrons. The third-order valence-electron chi connectivity index (χ3n) is 3.90. The molecule has 1 amide bonds. The topological polar surface area (TPSA) is 32.3 Å². The highest BCUT2D eigenvalue weighted by molar-refractivity contribution is 5.79. The molecule has 0 saturated carbocycles. The summed E-state index contributed by atoms with van der Waals surface area (Å²) in [4.78, 5) is 14.7. The number of carbonyl (C=O) groups is 1. The Morgan fingerprint density at radius 1 is 1.29 bits per heavy atom. The Hall–Kier alpha value is -1.35. The highest BCUT2D eigenvalue weighted by atomic mass is 16.2. The molecule has 1 heterocycles. The van der Waals surface area contributed by atoms with Crippen LogP contribution >= 0.6 is 0 Å². The zero-order chi connectivity index (χ0) is 15.5. The molecule has 1 aliphatic rings. The highest BCUT2D eigenvalue weighted by Gasteiger charge is 2.27. The van der Waals surface area contributed by atoms with E-state index >= 15 is 0 Å². The molecule has 3 heteroatoms. The van der Waals surface area contributed by atoms with E-state index in [1.165, 1.54) is 11.1 Å². The van der Waals surface area contributed by atoms with Gasteiger partial charge in [0.2, 0.25) is 5.91 Å². The summed E-state index contributed by atoms with van der Waals surface area (Å²) in [6.07, 6.45) is 2.11. The van der Waals surface area contributed by atoms with Crippen LogP contribution in [0.15, 0.2) is 24.3 Å². The Labute approximate surface area is 128 Å². The first-order valence-electron chi connectivity index (χ1n) is 7.93. The van der Waals surface area contributed by atoms with Crippen molar-refractivity contribution in [3.05, 3.63) is 35.4 Å². The maximum atomic E-state index is 12.3. The molecule has 0 spiro atoms. The van der Waals surface area contributed by atoms with Gasteiger partial charge in [-0.3, -0.25) is 9.69 Å². The number of aryl methyl sites for hydroxylation is 1. The number of rotatable bonds is 3. The van der Waals surface area contributed by atoms with E-state index in [9.17, 15) is 4.79 Å². The predicted octanol–water partition coefficient (Wildman–Crippen LogP) is 3.12. The van der Waals surface area contributed by atoms with Gasteiger partial charge in [-0.2, -0.15) is 0 Å². The minimum atomic E-state index is -0.143. The smallest absolute Gasteiger partial charge is 0.224 e. The van der Waals surface area contributed by atoms with Crippen LogP contribution in [-0.4, -0.2) is 29.4 Å². The summed E-state index contributed by atoms with van der Waals surface area (Å²) in [6, 6.07) is 8.69. The molecule has 1 atom stereocenters. The minimum absolute atomic E-state index is 0.128. The molecule has 3 nitrogen and oxygen atoms in total. The first-order valence-corrected chi connectivity index (χ1v) is 7.93. The molecule has 1 N–H and O–H groups in total. The second-order valence-corrected chi connectivity index (χ2v) is 7.30. The molecule has 0 aromatic heterocycles.